The van der Waals surface area contributed by atoms with Crippen LogP contribution in [0.5, 0.6) is 0 Å². The predicted molar refractivity (Wildman–Crippen MR) is 222 cm³/mol. The molecule has 0 bridgehead atoms. The molecule has 0 atom stereocenters. The predicted octanol–water partition coefficient (Wildman–Crippen LogP) is 12.2. The fraction of sp³-hybridized carbons (Fsp3) is 0.818. The number of nitrogens with one attached hydrogen (secondary N) is 1. The Balaban J connectivity index is 0.000000382. The van der Waals surface area contributed by atoms with Gasteiger partial charge in [0.05, 0.1) is 16.9 Å². The van der Waals surface area contributed by atoms with Crippen LogP contribution in [0.1, 0.15) is 227 Å². The lowest BCUT2D eigenvalue weighted by Gasteiger charge is -2.28. The van der Waals surface area contributed by atoms with Gasteiger partial charge in [-0.2, -0.15) is 5.10 Å². The number of H-pyrrole nitrogens is 1. The summed E-state index contributed by atoms with van der Waals surface area (Å²) in [4.78, 5) is 18.1. The molecule has 7 nitrogen and oxygen atoms in total. The van der Waals surface area contributed by atoms with E-state index in [0.717, 1.165) is 17.5 Å². The van der Waals surface area contributed by atoms with Crippen molar-refractivity contribution >= 4 is 0 Å². The first kappa shape index (κ1) is 46.6. The van der Waals surface area contributed by atoms with Gasteiger partial charge in [-0.3, -0.25) is 0 Å². The molecule has 0 aliphatic carbocycles. The highest BCUT2D eigenvalue weighted by atomic mass is 15.4. The van der Waals surface area contributed by atoms with E-state index in [-0.39, 0.29) is 49.0 Å². The summed E-state index contributed by atoms with van der Waals surface area (Å²) in [5.74, 6) is 4.26. The first-order valence-corrected chi connectivity index (χ1v) is 19.2. The minimum atomic E-state index is -0.0287. The van der Waals surface area contributed by atoms with Gasteiger partial charge in [0.15, 0.2) is 5.82 Å². The molecule has 294 valence electrons. The van der Waals surface area contributed by atoms with E-state index in [1.807, 2.05) is 0 Å². The lowest BCUT2D eigenvalue weighted by atomic mass is 9.82. The van der Waals surface area contributed by atoms with Gasteiger partial charge in [-0.1, -0.05) is 145 Å². The minimum absolute atomic E-state index is 0.00347. The lowest BCUT2D eigenvalue weighted by Crippen LogP contribution is -2.30. The maximum absolute atomic E-state index is 4.88. The molecule has 0 unspecified atom stereocenters. The summed E-state index contributed by atoms with van der Waals surface area (Å²) in [6.07, 6.45) is 2.22. The molecule has 7 heteroatoms. The quantitative estimate of drug-likeness (QED) is 0.252. The van der Waals surface area contributed by atoms with Crippen molar-refractivity contribution in [2.45, 2.75) is 236 Å². The van der Waals surface area contributed by atoms with Crippen molar-refractivity contribution in [2.24, 2.45) is 0 Å². The fourth-order valence-corrected chi connectivity index (χ4v) is 5.18. The molecule has 0 fully saturated rings. The molecule has 0 amide bonds. The van der Waals surface area contributed by atoms with Crippen LogP contribution in [0.15, 0.2) is 6.20 Å². The van der Waals surface area contributed by atoms with Crippen LogP contribution in [-0.4, -0.2) is 34.3 Å². The van der Waals surface area contributed by atoms with Crippen molar-refractivity contribution < 1.29 is 0 Å². The summed E-state index contributed by atoms with van der Waals surface area (Å²) in [6, 6.07) is 0. The molecule has 0 aliphatic rings. The molecule has 1 N–H and O–H groups in total. The van der Waals surface area contributed by atoms with Crippen LogP contribution in [0.3, 0.4) is 0 Å². The zero-order valence-electron chi connectivity index (χ0n) is 38.8. The van der Waals surface area contributed by atoms with Gasteiger partial charge in [-0.05, 0) is 41.5 Å². The molecule has 51 heavy (non-hydrogen) atoms. The van der Waals surface area contributed by atoms with E-state index in [9.17, 15) is 0 Å². The second kappa shape index (κ2) is 14.4. The summed E-state index contributed by atoms with van der Waals surface area (Å²) >= 11 is 0. The second-order valence-corrected chi connectivity index (χ2v) is 23.9. The van der Waals surface area contributed by atoms with Crippen LogP contribution in [0.4, 0.5) is 0 Å². The van der Waals surface area contributed by atoms with Crippen LogP contribution < -0.4 is 0 Å². The monoisotopic (exact) mass is 710 g/mol. The standard InChI is InChI=1S/2C15H28N2.C14H27N3/c1-13(2,3)11-10-17(15(7,8)9)12(16-11)14(4,5)6;1-13(2,3)10-11(14(4,5)6)17-12(16-10)15(7,8)9;1-12(2,3)10-15-11(13(4,5)6)17(16-10)14(7,8)9/h10H,1-9H3;1-9H3,(H,16,17);1-9H3. The number of hydrogen-bond donors (Lipinski definition) is 1. The first-order chi connectivity index (χ1) is 22.0. The SMILES string of the molecule is CC(C)(C)c1cn(C(C)(C)C)c(C(C)(C)C)n1.CC(C)(C)c1nc(C(C)(C)C)c(C(C)(C)C)[nH]1.CC(C)(C)c1nc(C(C)(C)C)n(C(C)(C)C)n1. The molecule has 0 saturated heterocycles. The van der Waals surface area contributed by atoms with E-state index in [1.54, 1.807) is 0 Å². The molecule has 0 aromatic carbocycles. The Morgan fingerprint density at radius 2 is 0.882 bits per heavy atom. The zero-order chi connectivity index (χ0) is 40.9. The number of nitrogens with zero attached hydrogens (tertiary/aromatic N) is 6. The third-order valence-corrected chi connectivity index (χ3v) is 8.33. The molecular weight excluding hydrogens is 627 g/mol. The molecule has 3 aromatic heterocycles. The Kier molecular flexibility index (Phi) is 13.2. The second-order valence-electron chi connectivity index (χ2n) is 23.9. The summed E-state index contributed by atoms with van der Waals surface area (Å²) in [7, 11) is 0. The van der Waals surface area contributed by atoms with Crippen LogP contribution in [0.25, 0.3) is 0 Å². The molecular formula is C44H83N7. The average molecular weight is 710 g/mol. The van der Waals surface area contributed by atoms with Gasteiger partial charge in [-0.25, -0.2) is 19.6 Å². The average Bonchev–Trinajstić information content (AvgIpc) is 3.58. The fourth-order valence-electron chi connectivity index (χ4n) is 5.18. The van der Waals surface area contributed by atoms with Gasteiger partial charge in [0.25, 0.3) is 0 Å². The van der Waals surface area contributed by atoms with Gasteiger partial charge in [0.1, 0.15) is 17.5 Å². The minimum Gasteiger partial charge on any atom is -0.345 e. The van der Waals surface area contributed by atoms with E-state index in [2.05, 4.69) is 207 Å². The Morgan fingerprint density at radius 1 is 0.431 bits per heavy atom. The van der Waals surface area contributed by atoms with Crippen LogP contribution in [0.2, 0.25) is 0 Å². The van der Waals surface area contributed by atoms with Crippen LogP contribution in [0, 0.1) is 0 Å². The van der Waals surface area contributed by atoms with Crippen molar-refractivity contribution in [1.82, 2.24) is 34.3 Å². The highest BCUT2D eigenvalue weighted by Gasteiger charge is 2.34. The Bertz CT molecular complexity index is 1280. The van der Waals surface area contributed by atoms with Gasteiger partial charge < -0.3 is 9.55 Å². The highest BCUT2D eigenvalue weighted by molar-refractivity contribution is 5.29. The largest absolute Gasteiger partial charge is 0.345 e. The first-order valence-electron chi connectivity index (χ1n) is 19.2. The molecule has 0 spiro atoms. The Morgan fingerprint density at radius 3 is 1.12 bits per heavy atom. The third kappa shape index (κ3) is 12.9. The number of aromatic nitrogens is 7. The smallest absolute Gasteiger partial charge is 0.156 e. The van der Waals surface area contributed by atoms with Crippen LogP contribution >= 0.6 is 0 Å². The molecule has 3 heterocycles. The van der Waals surface area contributed by atoms with E-state index in [1.165, 1.54) is 22.9 Å². The Hall–Kier alpha value is -2.44. The summed E-state index contributed by atoms with van der Waals surface area (Å²) in [5.41, 5.74) is 4.18. The van der Waals surface area contributed by atoms with Crippen molar-refractivity contribution in [2.75, 3.05) is 0 Å². The van der Waals surface area contributed by atoms with Crippen molar-refractivity contribution in [3.05, 3.63) is 46.6 Å². The van der Waals surface area contributed by atoms with E-state index in [4.69, 9.17) is 20.1 Å². The summed E-state index contributed by atoms with van der Waals surface area (Å²) < 4.78 is 4.40. The topological polar surface area (TPSA) is 77.2 Å². The molecule has 0 aliphatic heterocycles. The Labute approximate surface area is 316 Å². The zero-order valence-corrected chi connectivity index (χ0v) is 38.8. The van der Waals surface area contributed by atoms with Gasteiger partial charge >= 0.3 is 0 Å². The lowest BCUT2D eigenvalue weighted by molar-refractivity contribution is 0.315. The maximum Gasteiger partial charge on any atom is 0.156 e. The normalized spacial score (nSPS) is 14.2. The highest BCUT2D eigenvalue weighted by Crippen LogP contribution is 2.35. The van der Waals surface area contributed by atoms with Crippen molar-refractivity contribution in [3.63, 3.8) is 0 Å². The van der Waals surface area contributed by atoms with Crippen LogP contribution in [-0.2, 0) is 49.0 Å². The molecule has 3 aromatic rings. The summed E-state index contributed by atoms with van der Waals surface area (Å²) in [5, 5.41) is 4.72. The van der Waals surface area contributed by atoms with E-state index >= 15 is 0 Å². The maximum atomic E-state index is 4.88. The van der Waals surface area contributed by atoms with E-state index in [0.29, 0.717) is 0 Å². The number of aromatic amines is 1. The van der Waals surface area contributed by atoms with Crippen molar-refractivity contribution in [1.29, 1.82) is 0 Å². The van der Waals surface area contributed by atoms with Gasteiger partial charge in [0.2, 0.25) is 0 Å². The number of rotatable bonds is 0. The molecule has 0 radical (unpaired) electrons. The van der Waals surface area contributed by atoms with Gasteiger partial charge in [-0.15, -0.1) is 0 Å². The van der Waals surface area contributed by atoms with E-state index < -0.39 is 0 Å². The van der Waals surface area contributed by atoms with Crippen molar-refractivity contribution in [3.8, 4) is 0 Å². The molecule has 3 rings (SSSR count). The number of imidazole rings is 2. The molecule has 0 saturated carbocycles. The number of hydrogen-bond acceptors (Lipinski definition) is 4. The summed E-state index contributed by atoms with van der Waals surface area (Å²) in [6.45, 7) is 59.6. The third-order valence-electron chi connectivity index (χ3n) is 8.33. The van der Waals surface area contributed by atoms with Gasteiger partial charge in [0, 0.05) is 55.3 Å².